The van der Waals surface area contributed by atoms with Crippen LogP contribution in [0.25, 0.3) is 0 Å². The van der Waals surface area contributed by atoms with Crippen molar-refractivity contribution in [3.8, 4) is 0 Å². The van der Waals surface area contributed by atoms with Gasteiger partial charge in [-0.15, -0.1) is 0 Å². The molecule has 3 rings (SSSR count). The molecule has 2 aromatic carbocycles. The van der Waals surface area contributed by atoms with E-state index in [9.17, 15) is 19.1 Å². The molecule has 1 heterocycles. The van der Waals surface area contributed by atoms with E-state index < -0.39 is 11.9 Å². The van der Waals surface area contributed by atoms with Gasteiger partial charge in [-0.25, -0.2) is 9.18 Å². The Balaban J connectivity index is 1.63. The standard InChI is InChI=1S/C20H22FN3O3/c21-17-9-8-15(22-20(27)24-10-4-7-16(25)13-24)12-18(17)23-19(26)11-14-5-2-1-3-6-14/h1-3,5-6,8-9,12,16,25H,4,7,10-11,13H2,(H,22,27)(H,23,26). The average molecular weight is 371 g/mol. The van der Waals surface area contributed by atoms with Crippen LogP contribution in [-0.4, -0.2) is 41.1 Å². The number of likely N-dealkylation sites (tertiary alicyclic amines) is 1. The Bertz CT molecular complexity index is 813. The number of carbonyl (C=O) groups excluding carboxylic acids is 2. The van der Waals surface area contributed by atoms with Gasteiger partial charge in [-0.3, -0.25) is 4.79 Å². The maximum absolute atomic E-state index is 14.0. The lowest BCUT2D eigenvalue weighted by Gasteiger charge is -2.30. The quantitative estimate of drug-likeness (QED) is 0.773. The fourth-order valence-electron chi connectivity index (χ4n) is 3.02. The Kier molecular flexibility index (Phi) is 6.03. The second-order valence-electron chi connectivity index (χ2n) is 6.58. The molecule has 1 unspecified atom stereocenters. The summed E-state index contributed by atoms with van der Waals surface area (Å²) in [5.74, 6) is -0.925. The molecule has 1 aliphatic rings. The van der Waals surface area contributed by atoms with Gasteiger partial charge in [0.1, 0.15) is 5.82 Å². The number of nitrogens with one attached hydrogen (secondary N) is 2. The highest BCUT2D eigenvalue weighted by atomic mass is 19.1. The molecule has 2 aromatic rings. The Morgan fingerprint density at radius 2 is 1.93 bits per heavy atom. The molecular weight excluding hydrogens is 349 g/mol. The van der Waals surface area contributed by atoms with Gasteiger partial charge in [0.15, 0.2) is 0 Å². The lowest BCUT2D eigenvalue weighted by atomic mass is 10.1. The summed E-state index contributed by atoms with van der Waals surface area (Å²) in [4.78, 5) is 26.0. The Hall–Kier alpha value is -2.93. The molecule has 0 aromatic heterocycles. The predicted octanol–water partition coefficient (Wildman–Crippen LogP) is 3.00. The minimum atomic E-state index is -0.581. The molecular formula is C20H22FN3O3. The zero-order valence-electron chi connectivity index (χ0n) is 14.8. The molecule has 3 N–H and O–H groups in total. The van der Waals surface area contributed by atoms with Crippen LogP contribution in [0.15, 0.2) is 48.5 Å². The summed E-state index contributed by atoms with van der Waals surface area (Å²) in [7, 11) is 0. The second-order valence-corrected chi connectivity index (χ2v) is 6.58. The van der Waals surface area contributed by atoms with Gasteiger partial charge in [-0.2, -0.15) is 0 Å². The first-order valence-corrected chi connectivity index (χ1v) is 8.88. The van der Waals surface area contributed by atoms with Crippen molar-refractivity contribution in [1.82, 2.24) is 4.90 Å². The molecule has 0 spiro atoms. The van der Waals surface area contributed by atoms with E-state index in [2.05, 4.69) is 10.6 Å². The van der Waals surface area contributed by atoms with Crippen molar-refractivity contribution in [3.05, 3.63) is 59.9 Å². The Labute approximate surface area is 157 Å². The Morgan fingerprint density at radius 3 is 2.67 bits per heavy atom. The lowest BCUT2D eigenvalue weighted by molar-refractivity contribution is -0.115. The molecule has 0 saturated carbocycles. The summed E-state index contributed by atoms with van der Waals surface area (Å²) in [6.45, 7) is 0.832. The van der Waals surface area contributed by atoms with Crippen molar-refractivity contribution in [2.45, 2.75) is 25.4 Å². The van der Waals surface area contributed by atoms with Gasteiger partial charge in [-0.05, 0) is 36.6 Å². The van der Waals surface area contributed by atoms with Crippen LogP contribution >= 0.6 is 0 Å². The van der Waals surface area contributed by atoms with E-state index in [-0.39, 0.29) is 30.6 Å². The molecule has 0 radical (unpaired) electrons. The van der Waals surface area contributed by atoms with Gasteiger partial charge >= 0.3 is 6.03 Å². The number of piperidine rings is 1. The number of urea groups is 1. The first-order chi connectivity index (χ1) is 13.0. The Morgan fingerprint density at radius 1 is 1.15 bits per heavy atom. The zero-order valence-corrected chi connectivity index (χ0v) is 14.8. The van der Waals surface area contributed by atoms with Gasteiger partial charge in [0, 0.05) is 18.8 Å². The maximum atomic E-state index is 14.0. The number of β-amino-alcohol motifs (C(OH)–C–C–N with tert-alkyl or cyclic N) is 1. The van der Waals surface area contributed by atoms with Crippen LogP contribution < -0.4 is 10.6 Å². The van der Waals surface area contributed by atoms with E-state index in [0.717, 1.165) is 12.0 Å². The van der Waals surface area contributed by atoms with Crippen molar-refractivity contribution in [2.24, 2.45) is 0 Å². The minimum Gasteiger partial charge on any atom is -0.391 e. The minimum absolute atomic E-state index is 0.00686. The number of carbonyl (C=O) groups is 2. The monoisotopic (exact) mass is 371 g/mol. The number of halogens is 1. The van der Waals surface area contributed by atoms with Gasteiger partial charge in [0.25, 0.3) is 0 Å². The second kappa shape index (κ2) is 8.64. The number of anilines is 2. The van der Waals surface area contributed by atoms with Gasteiger partial charge in [-0.1, -0.05) is 30.3 Å². The van der Waals surface area contributed by atoms with Gasteiger partial charge in [0.05, 0.1) is 18.2 Å². The van der Waals surface area contributed by atoms with Crippen LogP contribution in [0.5, 0.6) is 0 Å². The molecule has 0 aliphatic carbocycles. The fourth-order valence-corrected chi connectivity index (χ4v) is 3.02. The number of aliphatic hydroxyl groups excluding tert-OH is 1. The molecule has 3 amide bonds. The number of rotatable bonds is 4. The molecule has 0 bridgehead atoms. The fraction of sp³-hybridized carbons (Fsp3) is 0.300. The summed E-state index contributed by atoms with van der Waals surface area (Å²) in [6, 6.07) is 12.8. The van der Waals surface area contributed by atoms with E-state index in [1.807, 2.05) is 30.3 Å². The smallest absolute Gasteiger partial charge is 0.321 e. The predicted molar refractivity (Wildman–Crippen MR) is 101 cm³/mol. The van der Waals surface area contributed by atoms with E-state index in [4.69, 9.17) is 0 Å². The number of amides is 3. The van der Waals surface area contributed by atoms with Crippen molar-refractivity contribution in [1.29, 1.82) is 0 Å². The number of nitrogens with zero attached hydrogens (tertiary/aromatic N) is 1. The third-order valence-electron chi connectivity index (χ3n) is 4.38. The van der Waals surface area contributed by atoms with Crippen LogP contribution in [0.3, 0.4) is 0 Å². The SMILES string of the molecule is O=C(Cc1ccccc1)Nc1cc(NC(=O)N2CCCC(O)C2)ccc1F. The van der Waals surface area contributed by atoms with Crippen LogP contribution in [0, 0.1) is 5.82 Å². The van der Waals surface area contributed by atoms with E-state index in [1.54, 1.807) is 0 Å². The molecule has 6 nitrogen and oxygen atoms in total. The number of aliphatic hydroxyl groups is 1. The van der Waals surface area contributed by atoms with Crippen molar-refractivity contribution < 1.29 is 19.1 Å². The summed E-state index contributed by atoms with van der Waals surface area (Å²) in [5, 5.41) is 14.9. The van der Waals surface area contributed by atoms with Gasteiger partial charge in [0.2, 0.25) is 5.91 Å². The third-order valence-corrected chi connectivity index (χ3v) is 4.38. The largest absolute Gasteiger partial charge is 0.391 e. The summed E-state index contributed by atoms with van der Waals surface area (Å²) in [6.07, 6.45) is 1.02. The van der Waals surface area contributed by atoms with Crippen LogP contribution in [0.1, 0.15) is 18.4 Å². The number of benzene rings is 2. The molecule has 1 fully saturated rings. The van der Waals surface area contributed by atoms with Gasteiger partial charge < -0.3 is 20.6 Å². The van der Waals surface area contributed by atoms with E-state index >= 15 is 0 Å². The highest BCUT2D eigenvalue weighted by molar-refractivity contribution is 5.94. The van der Waals surface area contributed by atoms with Crippen LogP contribution in [0.2, 0.25) is 0 Å². The van der Waals surface area contributed by atoms with Crippen molar-refractivity contribution in [3.63, 3.8) is 0 Å². The first kappa shape index (κ1) is 18.8. The lowest BCUT2D eigenvalue weighted by Crippen LogP contribution is -2.44. The van der Waals surface area contributed by atoms with Crippen molar-refractivity contribution >= 4 is 23.3 Å². The number of hydrogen-bond acceptors (Lipinski definition) is 3. The van der Waals surface area contributed by atoms with E-state index in [0.29, 0.717) is 18.7 Å². The van der Waals surface area contributed by atoms with Crippen LogP contribution in [-0.2, 0) is 11.2 Å². The third kappa shape index (κ3) is 5.27. The first-order valence-electron chi connectivity index (χ1n) is 8.88. The summed E-state index contributed by atoms with van der Waals surface area (Å²) >= 11 is 0. The summed E-state index contributed by atoms with van der Waals surface area (Å²) in [5.41, 5.74) is 1.20. The maximum Gasteiger partial charge on any atom is 0.321 e. The normalized spacial score (nSPS) is 16.7. The average Bonchev–Trinajstić information content (AvgIpc) is 2.65. The molecule has 1 aliphatic heterocycles. The molecule has 1 saturated heterocycles. The zero-order chi connectivity index (χ0) is 19.2. The molecule has 27 heavy (non-hydrogen) atoms. The van der Waals surface area contributed by atoms with E-state index in [1.165, 1.54) is 23.1 Å². The number of hydrogen-bond donors (Lipinski definition) is 3. The van der Waals surface area contributed by atoms with Crippen LogP contribution in [0.4, 0.5) is 20.6 Å². The molecule has 7 heteroatoms. The molecule has 1 atom stereocenters. The highest BCUT2D eigenvalue weighted by Crippen LogP contribution is 2.21. The molecule has 142 valence electrons. The topological polar surface area (TPSA) is 81.7 Å². The van der Waals surface area contributed by atoms with Crippen molar-refractivity contribution in [2.75, 3.05) is 23.7 Å². The summed E-state index contributed by atoms with van der Waals surface area (Å²) < 4.78 is 14.0. The highest BCUT2D eigenvalue weighted by Gasteiger charge is 2.22.